The van der Waals surface area contributed by atoms with E-state index in [4.69, 9.17) is 0 Å². The maximum atomic E-state index is 13.5. The van der Waals surface area contributed by atoms with E-state index >= 15 is 0 Å². The lowest BCUT2D eigenvalue weighted by atomic mass is 10.1. The van der Waals surface area contributed by atoms with Gasteiger partial charge < -0.3 is 5.32 Å². The highest BCUT2D eigenvalue weighted by Crippen LogP contribution is 2.22. The summed E-state index contributed by atoms with van der Waals surface area (Å²) in [6, 6.07) is 3.06. The van der Waals surface area contributed by atoms with Crippen LogP contribution in [0.3, 0.4) is 0 Å². The molecular weight excluding hydrogens is 231 g/mol. The minimum absolute atomic E-state index is 0.0803. The maximum absolute atomic E-state index is 13.5. The van der Waals surface area contributed by atoms with Gasteiger partial charge in [-0.25, -0.2) is 23.1 Å². The number of rotatable bonds is 2. The monoisotopic (exact) mass is 239 g/mol. The predicted octanol–water partition coefficient (Wildman–Crippen LogP) is 2.60. The molecule has 0 atom stereocenters. The first-order valence-electron chi connectivity index (χ1n) is 4.77. The third kappa shape index (κ3) is 2.20. The summed E-state index contributed by atoms with van der Waals surface area (Å²) in [7, 11) is 1.57. The molecule has 1 heterocycles. The summed E-state index contributed by atoms with van der Waals surface area (Å²) in [6.45, 7) is 0. The molecule has 0 fully saturated rings. The van der Waals surface area contributed by atoms with E-state index in [1.54, 1.807) is 7.05 Å². The van der Waals surface area contributed by atoms with Crippen molar-refractivity contribution in [3.8, 4) is 11.3 Å². The molecule has 0 bridgehead atoms. The molecule has 2 rings (SSSR count). The van der Waals surface area contributed by atoms with Gasteiger partial charge in [-0.3, -0.25) is 0 Å². The SMILES string of the molecule is CNc1ncc(F)c(-c2ccc(F)c(F)c2)n1. The molecule has 0 saturated carbocycles. The van der Waals surface area contributed by atoms with Gasteiger partial charge in [-0.15, -0.1) is 0 Å². The quantitative estimate of drug-likeness (QED) is 0.875. The minimum Gasteiger partial charge on any atom is -0.357 e. The molecule has 3 nitrogen and oxygen atoms in total. The van der Waals surface area contributed by atoms with Crippen molar-refractivity contribution in [3.63, 3.8) is 0 Å². The molecule has 0 saturated heterocycles. The van der Waals surface area contributed by atoms with Gasteiger partial charge in [-0.2, -0.15) is 0 Å². The average molecular weight is 239 g/mol. The van der Waals surface area contributed by atoms with Gasteiger partial charge in [0.05, 0.1) is 6.20 Å². The van der Waals surface area contributed by atoms with Crippen LogP contribution in [0.15, 0.2) is 24.4 Å². The van der Waals surface area contributed by atoms with E-state index in [0.717, 1.165) is 18.3 Å². The zero-order valence-electron chi connectivity index (χ0n) is 8.84. The molecule has 1 aromatic carbocycles. The van der Waals surface area contributed by atoms with Gasteiger partial charge in [-0.1, -0.05) is 0 Å². The molecule has 0 radical (unpaired) electrons. The normalized spacial score (nSPS) is 10.4. The highest BCUT2D eigenvalue weighted by atomic mass is 19.2. The number of anilines is 1. The van der Waals surface area contributed by atoms with E-state index in [2.05, 4.69) is 15.3 Å². The molecule has 0 unspecified atom stereocenters. The van der Waals surface area contributed by atoms with Crippen LogP contribution >= 0.6 is 0 Å². The zero-order valence-corrected chi connectivity index (χ0v) is 8.84. The Morgan fingerprint density at radius 2 is 1.82 bits per heavy atom. The molecule has 0 aliphatic rings. The van der Waals surface area contributed by atoms with Crippen LogP contribution in [0.1, 0.15) is 0 Å². The number of hydrogen-bond donors (Lipinski definition) is 1. The van der Waals surface area contributed by atoms with E-state index in [1.165, 1.54) is 6.07 Å². The van der Waals surface area contributed by atoms with Crippen LogP contribution in [-0.2, 0) is 0 Å². The number of benzene rings is 1. The molecule has 0 amide bonds. The fraction of sp³-hybridized carbons (Fsp3) is 0.0909. The van der Waals surface area contributed by atoms with Gasteiger partial charge in [0.2, 0.25) is 5.95 Å². The summed E-state index contributed by atoms with van der Waals surface area (Å²) in [6.07, 6.45) is 0.968. The summed E-state index contributed by atoms with van der Waals surface area (Å²) in [4.78, 5) is 7.50. The van der Waals surface area contributed by atoms with Gasteiger partial charge >= 0.3 is 0 Å². The Bertz CT molecular complexity index is 558. The summed E-state index contributed by atoms with van der Waals surface area (Å²) in [5.41, 5.74) is 0.0727. The van der Waals surface area contributed by atoms with Gasteiger partial charge in [0, 0.05) is 12.6 Å². The van der Waals surface area contributed by atoms with Crippen LogP contribution in [0, 0.1) is 17.5 Å². The Labute approximate surface area is 95.3 Å². The lowest BCUT2D eigenvalue weighted by Crippen LogP contribution is -2.00. The van der Waals surface area contributed by atoms with Crippen molar-refractivity contribution in [1.29, 1.82) is 0 Å². The van der Waals surface area contributed by atoms with E-state index < -0.39 is 17.5 Å². The van der Waals surface area contributed by atoms with Crippen molar-refractivity contribution in [3.05, 3.63) is 41.8 Å². The van der Waals surface area contributed by atoms with E-state index in [0.29, 0.717) is 0 Å². The smallest absolute Gasteiger partial charge is 0.223 e. The standard InChI is InChI=1S/C11H8F3N3/c1-15-11-16-5-9(14)10(17-11)6-2-3-7(12)8(13)4-6/h2-5H,1H3,(H,15,16,17). The lowest BCUT2D eigenvalue weighted by Gasteiger charge is -2.05. The second-order valence-corrected chi connectivity index (χ2v) is 3.27. The van der Waals surface area contributed by atoms with Gasteiger partial charge in [0.1, 0.15) is 5.69 Å². The first-order valence-corrected chi connectivity index (χ1v) is 4.77. The minimum atomic E-state index is -1.05. The van der Waals surface area contributed by atoms with E-state index in [1.807, 2.05) is 0 Å². The van der Waals surface area contributed by atoms with Crippen LogP contribution in [0.2, 0.25) is 0 Å². The predicted molar refractivity (Wildman–Crippen MR) is 56.9 cm³/mol. The van der Waals surface area contributed by atoms with E-state index in [-0.39, 0.29) is 17.2 Å². The van der Waals surface area contributed by atoms with Gasteiger partial charge in [0.15, 0.2) is 17.5 Å². The first-order chi connectivity index (χ1) is 8.11. The highest BCUT2D eigenvalue weighted by Gasteiger charge is 2.11. The van der Waals surface area contributed by atoms with Crippen molar-refractivity contribution >= 4 is 5.95 Å². The van der Waals surface area contributed by atoms with Gasteiger partial charge in [-0.05, 0) is 18.2 Å². The van der Waals surface area contributed by atoms with Crippen molar-refractivity contribution in [1.82, 2.24) is 9.97 Å². The first kappa shape index (κ1) is 11.4. The second-order valence-electron chi connectivity index (χ2n) is 3.27. The molecule has 6 heteroatoms. The molecule has 1 aromatic heterocycles. The molecule has 0 spiro atoms. The number of nitrogens with one attached hydrogen (secondary N) is 1. The summed E-state index contributed by atoms with van der Waals surface area (Å²) < 4.78 is 39.2. The van der Waals surface area contributed by atoms with Crippen LogP contribution in [-0.4, -0.2) is 17.0 Å². The molecule has 1 N–H and O–H groups in total. The van der Waals surface area contributed by atoms with Crippen molar-refractivity contribution in [2.45, 2.75) is 0 Å². The fourth-order valence-corrected chi connectivity index (χ4v) is 1.33. The Kier molecular flexibility index (Phi) is 2.95. The highest BCUT2D eigenvalue weighted by molar-refractivity contribution is 5.60. The second kappa shape index (κ2) is 4.40. The third-order valence-corrected chi connectivity index (χ3v) is 2.16. The Balaban J connectivity index is 2.55. The van der Waals surface area contributed by atoms with E-state index in [9.17, 15) is 13.2 Å². The zero-order chi connectivity index (χ0) is 12.4. The Morgan fingerprint density at radius 3 is 2.47 bits per heavy atom. The van der Waals surface area contributed by atoms with Crippen LogP contribution < -0.4 is 5.32 Å². The molecule has 88 valence electrons. The molecule has 0 aliphatic carbocycles. The molecule has 17 heavy (non-hydrogen) atoms. The van der Waals surface area contributed by atoms with Crippen LogP contribution in [0.4, 0.5) is 19.1 Å². The van der Waals surface area contributed by atoms with Gasteiger partial charge in [0.25, 0.3) is 0 Å². The number of halogens is 3. The topological polar surface area (TPSA) is 37.8 Å². The molecule has 2 aromatic rings. The van der Waals surface area contributed by atoms with Crippen LogP contribution in [0.5, 0.6) is 0 Å². The number of nitrogens with zero attached hydrogens (tertiary/aromatic N) is 2. The van der Waals surface area contributed by atoms with Crippen molar-refractivity contribution < 1.29 is 13.2 Å². The average Bonchev–Trinajstić information content (AvgIpc) is 2.33. The maximum Gasteiger partial charge on any atom is 0.223 e. The Hall–Kier alpha value is -2.11. The molecule has 0 aliphatic heterocycles. The Morgan fingerprint density at radius 1 is 1.06 bits per heavy atom. The van der Waals surface area contributed by atoms with Crippen molar-refractivity contribution in [2.24, 2.45) is 0 Å². The summed E-state index contributed by atoms with van der Waals surface area (Å²) in [5, 5.41) is 2.63. The lowest BCUT2D eigenvalue weighted by molar-refractivity contribution is 0.509. The largest absolute Gasteiger partial charge is 0.357 e. The third-order valence-electron chi connectivity index (χ3n) is 2.16. The number of hydrogen-bond acceptors (Lipinski definition) is 3. The van der Waals surface area contributed by atoms with Crippen molar-refractivity contribution in [2.75, 3.05) is 12.4 Å². The molecular formula is C11H8F3N3. The van der Waals surface area contributed by atoms with Crippen LogP contribution in [0.25, 0.3) is 11.3 Å². The number of aromatic nitrogens is 2. The summed E-state index contributed by atoms with van der Waals surface area (Å²) >= 11 is 0. The summed E-state index contributed by atoms with van der Waals surface area (Å²) in [5.74, 6) is -2.54. The fourth-order valence-electron chi connectivity index (χ4n) is 1.33.